The largest absolute Gasteiger partial charge is 0.416 e. The minimum absolute atomic E-state index is 0.0551. The van der Waals surface area contributed by atoms with Gasteiger partial charge in [-0.05, 0) is 59.9 Å². The topological polar surface area (TPSA) is 56.7 Å². The van der Waals surface area contributed by atoms with E-state index < -0.39 is 42.0 Å². The Hall–Kier alpha value is -3.60. The van der Waals surface area contributed by atoms with Gasteiger partial charge >= 0.3 is 12.4 Å². The van der Waals surface area contributed by atoms with Crippen LogP contribution in [0.5, 0.6) is 0 Å². The summed E-state index contributed by atoms with van der Waals surface area (Å²) in [7, 11) is 1.31. The molecule has 1 amide bonds. The Bertz CT molecular complexity index is 1310. The molecule has 1 aliphatic heterocycles. The van der Waals surface area contributed by atoms with Crippen LogP contribution in [-0.2, 0) is 18.9 Å². The zero-order chi connectivity index (χ0) is 27.8. The maximum atomic E-state index is 13.5. The van der Waals surface area contributed by atoms with E-state index in [1.165, 1.54) is 13.2 Å². The van der Waals surface area contributed by atoms with Crippen molar-refractivity contribution < 1.29 is 36.2 Å². The number of rotatable bonds is 5. The number of halogens is 6. The molecular weight excluding hydrogens is 512 g/mol. The van der Waals surface area contributed by atoms with Crippen molar-refractivity contribution in [1.29, 1.82) is 0 Å². The molecule has 0 aliphatic carbocycles. The van der Waals surface area contributed by atoms with E-state index in [9.17, 15) is 36.2 Å². The molecule has 1 N–H and O–H groups in total. The van der Waals surface area contributed by atoms with Crippen LogP contribution >= 0.6 is 0 Å². The van der Waals surface area contributed by atoms with Crippen molar-refractivity contribution in [2.75, 3.05) is 25.0 Å². The van der Waals surface area contributed by atoms with Crippen LogP contribution in [0.15, 0.2) is 54.7 Å². The van der Waals surface area contributed by atoms with Crippen LogP contribution in [0.3, 0.4) is 0 Å². The summed E-state index contributed by atoms with van der Waals surface area (Å²) in [5.41, 5.74) is -0.942. The first kappa shape index (κ1) is 27.4. The van der Waals surface area contributed by atoms with Gasteiger partial charge in [0.25, 0.3) is 5.91 Å². The Morgan fingerprint density at radius 2 is 1.66 bits per heavy atom. The van der Waals surface area contributed by atoms with Crippen LogP contribution in [0.2, 0.25) is 0 Å². The minimum atomic E-state index is -4.99. The molecule has 0 spiro atoms. The lowest BCUT2D eigenvalue weighted by atomic mass is 9.96. The number of hydrogen-bond donors (Lipinski definition) is 1. The van der Waals surface area contributed by atoms with Crippen LogP contribution in [0.1, 0.15) is 39.0 Å². The van der Waals surface area contributed by atoms with Crippen molar-refractivity contribution in [2.24, 2.45) is 0 Å². The predicted molar refractivity (Wildman–Crippen MR) is 129 cm³/mol. The quantitative estimate of drug-likeness (QED) is 0.410. The van der Waals surface area contributed by atoms with E-state index in [1.807, 2.05) is 30.0 Å². The fourth-order valence-corrected chi connectivity index (χ4v) is 4.50. The lowest BCUT2D eigenvalue weighted by molar-refractivity contribution is -0.143. The van der Waals surface area contributed by atoms with Gasteiger partial charge in [-0.3, -0.25) is 4.79 Å². The highest BCUT2D eigenvalue weighted by Gasteiger charge is 2.37. The molecule has 0 saturated carbocycles. The summed E-state index contributed by atoms with van der Waals surface area (Å²) in [5.74, 6) is -0.0681. The molecule has 3 aromatic rings. The number of carbonyl (C=O) groups excluding carboxylic acids is 1. The summed E-state index contributed by atoms with van der Waals surface area (Å²) in [5, 5.41) is 9.92. The maximum Gasteiger partial charge on any atom is 0.416 e. The summed E-state index contributed by atoms with van der Waals surface area (Å²) in [6.07, 6.45) is -8.55. The first-order valence-corrected chi connectivity index (χ1v) is 11.8. The first-order valence-electron chi connectivity index (χ1n) is 11.8. The minimum Gasteiger partial charge on any atom is -0.391 e. The molecule has 38 heavy (non-hydrogen) atoms. The number of pyridine rings is 1. The summed E-state index contributed by atoms with van der Waals surface area (Å²) >= 11 is 0. The number of anilines is 1. The Morgan fingerprint density at radius 1 is 1.03 bits per heavy atom. The number of aromatic nitrogens is 1. The number of alkyl halides is 6. The summed E-state index contributed by atoms with van der Waals surface area (Å²) in [6.45, 7) is 2.32. The number of nitrogens with zero attached hydrogens (tertiary/aromatic N) is 3. The SMILES string of the molecule is Cc1ccccc1-c1cc(N2CCC(O)C2)ncc1C(=O)N(C)Cc1cc(C(F)(F)F)cc(C(F)(F)F)c1. The van der Waals surface area contributed by atoms with E-state index in [0.29, 0.717) is 43.0 Å². The fourth-order valence-electron chi connectivity index (χ4n) is 4.50. The average Bonchev–Trinajstić information content (AvgIpc) is 3.28. The predicted octanol–water partition coefficient (Wildman–Crippen LogP) is 5.94. The van der Waals surface area contributed by atoms with E-state index in [1.54, 1.807) is 12.1 Å². The Morgan fingerprint density at radius 3 is 2.21 bits per heavy atom. The molecule has 1 atom stereocenters. The number of β-amino-alcohol motifs (C(OH)–C–C–N with tert-alkyl or cyclic N) is 1. The van der Waals surface area contributed by atoms with E-state index >= 15 is 0 Å². The molecular formula is C27H25F6N3O2. The van der Waals surface area contributed by atoms with E-state index in [4.69, 9.17) is 0 Å². The Balaban J connectivity index is 1.71. The van der Waals surface area contributed by atoms with Gasteiger partial charge in [-0.15, -0.1) is 0 Å². The Labute approximate surface area is 215 Å². The average molecular weight is 538 g/mol. The normalized spacial score (nSPS) is 16.1. The van der Waals surface area contributed by atoms with E-state index in [0.717, 1.165) is 16.0 Å². The van der Waals surface area contributed by atoms with Crippen molar-refractivity contribution in [3.8, 4) is 11.1 Å². The van der Waals surface area contributed by atoms with Crippen LogP contribution < -0.4 is 4.90 Å². The molecule has 1 unspecified atom stereocenters. The molecule has 4 rings (SSSR count). The smallest absolute Gasteiger partial charge is 0.391 e. The Kier molecular flexibility index (Phi) is 7.42. The van der Waals surface area contributed by atoms with E-state index in [2.05, 4.69) is 4.98 Å². The molecule has 2 heterocycles. The molecule has 1 saturated heterocycles. The summed E-state index contributed by atoms with van der Waals surface area (Å²) in [6, 6.07) is 10.3. The second-order valence-corrected chi connectivity index (χ2v) is 9.37. The van der Waals surface area contributed by atoms with Crippen molar-refractivity contribution in [1.82, 2.24) is 9.88 Å². The second-order valence-electron chi connectivity index (χ2n) is 9.37. The van der Waals surface area contributed by atoms with Gasteiger partial charge < -0.3 is 14.9 Å². The molecule has 2 aromatic carbocycles. The van der Waals surface area contributed by atoms with Crippen molar-refractivity contribution in [3.05, 3.63) is 82.5 Å². The van der Waals surface area contributed by atoms with Crippen molar-refractivity contribution >= 4 is 11.7 Å². The summed E-state index contributed by atoms with van der Waals surface area (Å²) < 4.78 is 79.7. The lowest BCUT2D eigenvalue weighted by Gasteiger charge is -2.23. The highest BCUT2D eigenvalue weighted by Crippen LogP contribution is 2.37. The van der Waals surface area contributed by atoms with Gasteiger partial charge in [0.1, 0.15) is 5.82 Å². The molecule has 0 bridgehead atoms. The van der Waals surface area contributed by atoms with Gasteiger partial charge in [0, 0.05) is 32.9 Å². The van der Waals surface area contributed by atoms with Gasteiger partial charge in [-0.25, -0.2) is 4.98 Å². The number of hydrogen-bond acceptors (Lipinski definition) is 4. The van der Waals surface area contributed by atoms with Gasteiger partial charge in [-0.1, -0.05) is 24.3 Å². The van der Waals surface area contributed by atoms with Crippen LogP contribution in [-0.4, -0.2) is 47.1 Å². The molecule has 202 valence electrons. The second kappa shape index (κ2) is 10.3. The monoisotopic (exact) mass is 537 g/mol. The molecule has 5 nitrogen and oxygen atoms in total. The molecule has 1 aliphatic rings. The first-order chi connectivity index (χ1) is 17.7. The molecule has 0 radical (unpaired) electrons. The lowest BCUT2D eigenvalue weighted by Crippen LogP contribution is -2.28. The third kappa shape index (κ3) is 5.93. The zero-order valence-corrected chi connectivity index (χ0v) is 20.6. The number of aliphatic hydroxyl groups excluding tert-OH is 1. The summed E-state index contributed by atoms with van der Waals surface area (Å²) in [4.78, 5) is 20.8. The number of carbonyl (C=O) groups is 1. The van der Waals surface area contributed by atoms with Gasteiger partial charge in [0.05, 0.1) is 22.8 Å². The number of amides is 1. The standard InChI is InChI=1S/C27H25F6N3O2/c1-16-5-3-4-6-21(16)22-12-24(36-8-7-20(37)15-36)34-13-23(22)25(38)35(2)14-17-9-18(26(28,29)30)11-19(10-17)27(31,32)33/h3-6,9-13,20,37H,7-8,14-15H2,1-2H3. The number of aryl methyl sites for hydroxylation is 1. The molecule has 11 heteroatoms. The zero-order valence-electron chi connectivity index (χ0n) is 20.6. The molecule has 1 aromatic heterocycles. The number of benzene rings is 2. The fraction of sp³-hybridized carbons (Fsp3) is 0.333. The van der Waals surface area contributed by atoms with Crippen LogP contribution in [0, 0.1) is 6.92 Å². The van der Waals surface area contributed by atoms with Gasteiger partial charge in [-0.2, -0.15) is 26.3 Å². The number of aliphatic hydroxyl groups is 1. The van der Waals surface area contributed by atoms with Crippen LogP contribution in [0.25, 0.3) is 11.1 Å². The van der Waals surface area contributed by atoms with Gasteiger partial charge in [0.15, 0.2) is 0 Å². The van der Waals surface area contributed by atoms with Crippen LogP contribution in [0.4, 0.5) is 32.2 Å². The highest BCUT2D eigenvalue weighted by atomic mass is 19.4. The van der Waals surface area contributed by atoms with E-state index in [-0.39, 0.29) is 17.2 Å². The molecule has 1 fully saturated rings. The van der Waals surface area contributed by atoms with Crippen molar-refractivity contribution in [3.63, 3.8) is 0 Å². The van der Waals surface area contributed by atoms with Gasteiger partial charge in [0.2, 0.25) is 0 Å². The highest BCUT2D eigenvalue weighted by molar-refractivity contribution is 6.01. The van der Waals surface area contributed by atoms with Crippen molar-refractivity contribution in [2.45, 2.75) is 38.3 Å². The third-order valence-corrected chi connectivity index (χ3v) is 6.46. The maximum absolute atomic E-state index is 13.5. The third-order valence-electron chi connectivity index (χ3n) is 6.46.